The predicted octanol–water partition coefficient (Wildman–Crippen LogP) is 5.40. The maximum atomic E-state index is 12.9. The van der Waals surface area contributed by atoms with Crippen molar-refractivity contribution in [3.63, 3.8) is 0 Å². The molecule has 32 heavy (non-hydrogen) atoms. The van der Waals surface area contributed by atoms with Crippen LogP contribution in [0.25, 0.3) is 10.2 Å². The van der Waals surface area contributed by atoms with E-state index in [1.807, 2.05) is 36.4 Å². The molecular formula is C25H29NO4S2. The standard InChI is InChI=1S/C25H29NO4S2/c1-17-13-14-19(25(2,3)18-9-5-4-6-10-18)21(15-17)30-23(27)16-32(28,29)24-26-20-11-7-8-12-22(20)31-24/h4-12,17,19,21H,13-16H2,1-3H3/t17-,19-,21-/m1/s1. The van der Waals surface area contributed by atoms with Gasteiger partial charge in [0.15, 0.2) is 5.75 Å². The first kappa shape index (κ1) is 22.9. The molecule has 0 saturated heterocycles. The van der Waals surface area contributed by atoms with Crippen LogP contribution in [-0.2, 0) is 24.8 Å². The van der Waals surface area contributed by atoms with Crippen molar-refractivity contribution in [1.29, 1.82) is 0 Å². The number of ether oxygens (including phenoxy) is 1. The lowest BCUT2D eigenvalue weighted by molar-refractivity contribution is -0.153. The second-order valence-corrected chi connectivity index (χ2v) is 12.5. The molecule has 1 heterocycles. The highest BCUT2D eigenvalue weighted by Crippen LogP contribution is 2.43. The number of benzene rings is 2. The summed E-state index contributed by atoms with van der Waals surface area (Å²) in [6.07, 6.45) is 2.44. The van der Waals surface area contributed by atoms with Gasteiger partial charge in [0, 0.05) is 5.92 Å². The molecule has 5 nitrogen and oxygen atoms in total. The molecule has 0 aliphatic heterocycles. The number of hydrogen-bond donors (Lipinski definition) is 0. The molecule has 1 aromatic heterocycles. The zero-order valence-electron chi connectivity index (χ0n) is 18.7. The van der Waals surface area contributed by atoms with Gasteiger partial charge >= 0.3 is 5.97 Å². The van der Waals surface area contributed by atoms with Crippen molar-refractivity contribution in [3.05, 3.63) is 60.2 Å². The number of rotatable bonds is 6. The average molecular weight is 472 g/mol. The fraction of sp³-hybridized carbons (Fsp3) is 0.440. The third-order valence-corrected chi connectivity index (χ3v) is 9.71. The molecule has 7 heteroatoms. The summed E-state index contributed by atoms with van der Waals surface area (Å²) in [6.45, 7) is 6.52. The Labute approximate surface area is 193 Å². The normalized spacial score (nSPS) is 22.0. The minimum atomic E-state index is -3.86. The highest BCUT2D eigenvalue weighted by molar-refractivity contribution is 7.94. The SMILES string of the molecule is C[C@@H]1CC[C@@H](C(C)(C)c2ccccc2)[C@H](OC(=O)CS(=O)(=O)c2nc3ccccc3s2)C1. The molecule has 1 aliphatic carbocycles. The number of sulfone groups is 1. The second kappa shape index (κ2) is 8.94. The highest BCUT2D eigenvalue weighted by atomic mass is 32.2. The highest BCUT2D eigenvalue weighted by Gasteiger charge is 2.42. The van der Waals surface area contributed by atoms with Gasteiger partial charge in [0.1, 0.15) is 6.10 Å². The Morgan fingerprint density at radius 1 is 1.09 bits per heavy atom. The van der Waals surface area contributed by atoms with Gasteiger partial charge in [-0.2, -0.15) is 0 Å². The van der Waals surface area contributed by atoms with Crippen LogP contribution >= 0.6 is 11.3 Å². The second-order valence-electron chi connectivity index (χ2n) is 9.35. The van der Waals surface area contributed by atoms with Crippen molar-refractivity contribution in [2.45, 2.75) is 55.9 Å². The summed E-state index contributed by atoms with van der Waals surface area (Å²) in [4.78, 5) is 17.0. The van der Waals surface area contributed by atoms with Gasteiger partial charge in [0.25, 0.3) is 0 Å². The molecule has 3 aromatic rings. The quantitative estimate of drug-likeness (QED) is 0.450. The van der Waals surface area contributed by atoms with Crippen LogP contribution in [0.1, 0.15) is 45.6 Å². The van der Waals surface area contributed by atoms with Crippen LogP contribution in [0.4, 0.5) is 0 Å². The summed E-state index contributed by atoms with van der Waals surface area (Å²) in [5.41, 5.74) is 1.62. The van der Waals surface area contributed by atoms with Gasteiger partial charge in [0.05, 0.1) is 10.2 Å². The number of aromatic nitrogens is 1. The number of carbonyl (C=O) groups excluding carboxylic acids is 1. The fourth-order valence-corrected chi connectivity index (χ4v) is 7.16. The molecule has 0 N–H and O–H groups in total. The summed E-state index contributed by atoms with van der Waals surface area (Å²) >= 11 is 1.09. The Morgan fingerprint density at radius 2 is 1.78 bits per heavy atom. The van der Waals surface area contributed by atoms with Crippen molar-refractivity contribution in [2.24, 2.45) is 11.8 Å². The van der Waals surface area contributed by atoms with E-state index >= 15 is 0 Å². The smallest absolute Gasteiger partial charge is 0.321 e. The van der Waals surface area contributed by atoms with Crippen LogP contribution in [0.3, 0.4) is 0 Å². The number of hydrogen-bond acceptors (Lipinski definition) is 6. The van der Waals surface area contributed by atoms with E-state index in [0.29, 0.717) is 11.4 Å². The van der Waals surface area contributed by atoms with Gasteiger partial charge in [0.2, 0.25) is 14.2 Å². The van der Waals surface area contributed by atoms with E-state index in [4.69, 9.17) is 4.74 Å². The van der Waals surface area contributed by atoms with E-state index in [0.717, 1.165) is 35.3 Å². The van der Waals surface area contributed by atoms with Gasteiger partial charge < -0.3 is 4.74 Å². The number of para-hydroxylation sites is 1. The van der Waals surface area contributed by atoms with E-state index in [2.05, 4.69) is 37.9 Å². The maximum Gasteiger partial charge on any atom is 0.321 e. The molecule has 1 fully saturated rings. The van der Waals surface area contributed by atoms with Crippen LogP contribution in [0.5, 0.6) is 0 Å². The minimum absolute atomic E-state index is 0.0335. The molecule has 170 valence electrons. The van der Waals surface area contributed by atoms with Crippen molar-refractivity contribution in [1.82, 2.24) is 4.98 Å². The molecule has 4 rings (SSSR count). The summed E-state index contributed by atoms with van der Waals surface area (Å²) in [6, 6.07) is 17.5. The van der Waals surface area contributed by atoms with Crippen molar-refractivity contribution >= 4 is 37.4 Å². The number of carbonyl (C=O) groups is 1. The van der Waals surface area contributed by atoms with Crippen LogP contribution in [-0.4, -0.2) is 31.2 Å². The first-order valence-electron chi connectivity index (χ1n) is 11.0. The first-order chi connectivity index (χ1) is 15.2. The largest absolute Gasteiger partial charge is 0.461 e. The van der Waals surface area contributed by atoms with Crippen molar-refractivity contribution < 1.29 is 17.9 Å². The summed E-state index contributed by atoms with van der Waals surface area (Å²) in [5, 5.41) is 0. The lowest BCUT2D eigenvalue weighted by Crippen LogP contribution is -2.44. The summed E-state index contributed by atoms with van der Waals surface area (Å²) in [7, 11) is -3.86. The summed E-state index contributed by atoms with van der Waals surface area (Å²) in [5.74, 6) is -0.833. The molecule has 0 unspecified atom stereocenters. The molecule has 3 atom stereocenters. The number of thiazole rings is 1. The average Bonchev–Trinajstić information content (AvgIpc) is 3.19. The van der Waals surface area contributed by atoms with Crippen LogP contribution in [0, 0.1) is 11.8 Å². The zero-order valence-corrected chi connectivity index (χ0v) is 20.3. The minimum Gasteiger partial charge on any atom is -0.461 e. The van der Waals surface area contributed by atoms with Gasteiger partial charge in [-0.15, -0.1) is 11.3 Å². The Balaban J connectivity index is 1.52. The third-order valence-electron chi connectivity index (χ3n) is 6.63. The lowest BCUT2D eigenvalue weighted by Gasteiger charge is -2.44. The van der Waals surface area contributed by atoms with E-state index in [1.54, 1.807) is 6.07 Å². The predicted molar refractivity (Wildman–Crippen MR) is 128 cm³/mol. The van der Waals surface area contributed by atoms with Crippen molar-refractivity contribution in [2.75, 3.05) is 5.75 Å². The molecule has 1 aliphatic rings. The Morgan fingerprint density at radius 3 is 2.50 bits per heavy atom. The Bertz CT molecular complexity index is 1170. The molecule has 2 aromatic carbocycles. The van der Waals surface area contributed by atoms with Crippen LogP contribution < -0.4 is 0 Å². The van der Waals surface area contributed by atoms with Crippen LogP contribution in [0.2, 0.25) is 0 Å². The number of fused-ring (bicyclic) bond motifs is 1. The third kappa shape index (κ3) is 4.74. The van der Waals surface area contributed by atoms with E-state index in [1.165, 1.54) is 5.56 Å². The topological polar surface area (TPSA) is 73.3 Å². The van der Waals surface area contributed by atoms with E-state index in [-0.39, 0.29) is 21.8 Å². The monoisotopic (exact) mass is 471 g/mol. The molecule has 0 bridgehead atoms. The van der Waals surface area contributed by atoms with Gasteiger partial charge in [-0.3, -0.25) is 4.79 Å². The van der Waals surface area contributed by atoms with Crippen LogP contribution in [0.15, 0.2) is 58.9 Å². The molecular weight excluding hydrogens is 442 g/mol. The van der Waals surface area contributed by atoms with E-state index in [9.17, 15) is 13.2 Å². The Hall–Kier alpha value is -2.25. The lowest BCUT2D eigenvalue weighted by atomic mass is 9.64. The maximum absolute atomic E-state index is 12.9. The molecule has 0 spiro atoms. The number of nitrogens with zero attached hydrogens (tertiary/aromatic N) is 1. The van der Waals surface area contributed by atoms with Gasteiger partial charge in [-0.25, -0.2) is 13.4 Å². The van der Waals surface area contributed by atoms with Gasteiger partial charge in [-0.05, 0) is 41.9 Å². The molecule has 0 amide bonds. The fourth-order valence-electron chi connectivity index (χ4n) is 4.77. The Kier molecular flexibility index (Phi) is 6.41. The first-order valence-corrected chi connectivity index (χ1v) is 13.5. The zero-order chi connectivity index (χ0) is 22.9. The van der Waals surface area contributed by atoms with E-state index < -0.39 is 21.6 Å². The molecule has 1 saturated carbocycles. The van der Waals surface area contributed by atoms with Crippen molar-refractivity contribution in [3.8, 4) is 0 Å². The number of esters is 1. The summed E-state index contributed by atoms with van der Waals surface area (Å²) < 4.78 is 32.4. The molecule has 0 radical (unpaired) electrons. The van der Waals surface area contributed by atoms with Gasteiger partial charge in [-0.1, -0.05) is 69.7 Å².